The molecule has 1 aromatic heterocycles. The SMILES string of the molecule is O=C(Cc1cc(Cl)ccc1CO)N1CCN(c2ncccc2C(F)(F)F)CC1. The van der Waals surface area contributed by atoms with Gasteiger partial charge in [-0.2, -0.15) is 13.2 Å². The third-order valence-corrected chi connectivity index (χ3v) is 4.94. The first kappa shape index (κ1) is 20.4. The van der Waals surface area contributed by atoms with Gasteiger partial charge in [0.05, 0.1) is 18.6 Å². The Morgan fingerprint density at radius 3 is 2.50 bits per heavy atom. The molecule has 1 saturated heterocycles. The van der Waals surface area contributed by atoms with Gasteiger partial charge in [0.1, 0.15) is 5.82 Å². The number of piperazine rings is 1. The molecule has 2 heterocycles. The average Bonchev–Trinajstić information content (AvgIpc) is 2.67. The van der Waals surface area contributed by atoms with E-state index < -0.39 is 11.7 Å². The van der Waals surface area contributed by atoms with E-state index in [9.17, 15) is 23.1 Å². The predicted molar refractivity (Wildman–Crippen MR) is 99.1 cm³/mol. The van der Waals surface area contributed by atoms with Crippen molar-refractivity contribution in [1.82, 2.24) is 9.88 Å². The number of rotatable bonds is 4. The number of carbonyl (C=O) groups excluding carboxylic acids is 1. The third kappa shape index (κ3) is 4.56. The molecule has 0 bridgehead atoms. The normalized spacial score (nSPS) is 15.0. The van der Waals surface area contributed by atoms with E-state index in [0.717, 1.165) is 6.07 Å². The van der Waals surface area contributed by atoms with Crippen molar-refractivity contribution >= 4 is 23.3 Å². The van der Waals surface area contributed by atoms with Gasteiger partial charge in [0.15, 0.2) is 0 Å². The summed E-state index contributed by atoms with van der Waals surface area (Å²) in [5, 5.41) is 9.88. The highest BCUT2D eigenvalue weighted by Gasteiger charge is 2.36. The molecule has 150 valence electrons. The summed E-state index contributed by atoms with van der Waals surface area (Å²) in [4.78, 5) is 19.7. The molecule has 0 aliphatic carbocycles. The fourth-order valence-electron chi connectivity index (χ4n) is 3.23. The fourth-order valence-corrected chi connectivity index (χ4v) is 3.42. The Balaban J connectivity index is 1.66. The first-order chi connectivity index (χ1) is 13.3. The molecule has 0 spiro atoms. The van der Waals surface area contributed by atoms with Gasteiger partial charge in [-0.05, 0) is 35.4 Å². The van der Waals surface area contributed by atoms with Crippen molar-refractivity contribution in [3.05, 3.63) is 58.2 Å². The Morgan fingerprint density at radius 2 is 1.86 bits per heavy atom. The van der Waals surface area contributed by atoms with E-state index in [1.165, 1.54) is 12.3 Å². The Bertz CT molecular complexity index is 853. The number of aromatic nitrogens is 1. The molecular weight excluding hydrogens is 395 g/mol. The highest BCUT2D eigenvalue weighted by Crippen LogP contribution is 2.35. The summed E-state index contributed by atoms with van der Waals surface area (Å²) in [5.74, 6) is -0.270. The van der Waals surface area contributed by atoms with Gasteiger partial charge in [0.25, 0.3) is 0 Å². The lowest BCUT2D eigenvalue weighted by molar-refractivity contribution is -0.137. The number of hydrogen-bond acceptors (Lipinski definition) is 4. The number of aliphatic hydroxyl groups excluding tert-OH is 1. The van der Waals surface area contributed by atoms with Crippen LogP contribution < -0.4 is 4.90 Å². The summed E-state index contributed by atoms with van der Waals surface area (Å²) >= 11 is 5.97. The van der Waals surface area contributed by atoms with Crippen LogP contribution in [0.25, 0.3) is 0 Å². The number of alkyl halides is 3. The molecule has 0 radical (unpaired) electrons. The number of halogens is 4. The monoisotopic (exact) mass is 413 g/mol. The minimum atomic E-state index is -4.48. The van der Waals surface area contributed by atoms with E-state index >= 15 is 0 Å². The molecule has 3 rings (SSSR count). The average molecular weight is 414 g/mol. The van der Waals surface area contributed by atoms with Gasteiger partial charge in [0, 0.05) is 37.4 Å². The first-order valence-electron chi connectivity index (χ1n) is 8.72. The highest BCUT2D eigenvalue weighted by atomic mass is 35.5. The van der Waals surface area contributed by atoms with E-state index in [-0.39, 0.29) is 37.8 Å². The quantitative estimate of drug-likeness (QED) is 0.836. The zero-order valence-corrected chi connectivity index (χ0v) is 15.7. The van der Waals surface area contributed by atoms with Crippen LogP contribution in [0.2, 0.25) is 5.02 Å². The van der Waals surface area contributed by atoms with Crippen molar-refractivity contribution in [3.8, 4) is 0 Å². The van der Waals surface area contributed by atoms with Gasteiger partial charge in [0.2, 0.25) is 5.91 Å². The standard InChI is InChI=1S/C19H19ClF3N3O2/c20-15-4-3-13(12-27)14(10-15)11-17(28)25-6-8-26(9-7-25)18-16(19(21,22)23)2-1-5-24-18/h1-5,10,27H,6-9,11-12H2. The second-order valence-electron chi connectivity index (χ2n) is 6.49. The Hall–Kier alpha value is -2.32. The van der Waals surface area contributed by atoms with E-state index in [0.29, 0.717) is 29.2 Å². The molecule has 28 heavy (non-hydrogen) atoms. The van der Waals surface area contributed by atoms with Crippen LogP contribution in [0, 0.1) is 0 Å². The number of benzene rings is 1. The molecule has 9 heteroatoms. The molecule has 0 unspecified atom stereocenters. The summed E-state index contributed by atoms with van der Waals surface area (Å²) in [7, 11) is 0. The zero-order valence-electron chi connectivity index (χ0n) is 14.9. The lowest BCUT2D eigenvalue weighted by Crippen LogP contribution is -2.49. The zero-order chi connectivity index (χ0) is 20.3. The van der Waals surface area contributed by atoms with Crippen molar-refractivity contribution < 1.29 is 23.1 Å². The van der Waals surface area contributed by atoms with E-state index in [2.05, 4.69) is 4.98 Å². The second-order valence-corrected chi connectivity index (χ2v) is 6.92. The summed E-state index contributed by atoms with van der Waals surface area (Å²) in [5.41, 5.74) is 0.493. The van der Waals surface area contributed by atoms with Gasteiger partial charge in [-0.1, -0.05) is 17.7 Å². The molecule has 5 nitrogen and oxygen atoms in total. The summed E-state index contributed by atoms with van der Waals surface area (Å²) in [6.07, 6.45) is -3.07. The second kappa shape index (κ2) is 8.36. The molecule has 0 atom stereocenters. The van der Waals surface area contributed by atoms with Crippen LogP contribution in [-0.4, -0.2) is 47.1 Å². The van der Waals surface area contributed by atoms with Gasteiger partial charge in [-0.25, -0.2) is 4.98 Å². The molecular formula is C19H19ClF3N3O2. The molecule has 1 aliphatic heterocycles. The van der Waals surface area contributed by atoms with Gasteiger partial charge in [-0.15, -0.1) is 0 Å². The van der Waals surface area contributed by atoms with Gasteiger partial charge >= 0.3 is 6.18 Å². The molecule has 1 N–H and O–H groups in total. The van der Waals surface area contributed by atoms with Gasteiger partial charge in [-0.3, -0.25) is 4.79 Å². The van der Waals surface area contributed by atoms with Crippen molar-refractivity contribution in [1.29, 1.82) is 0 Å². The van der Waals surface area contributed by atoms with Crippen molar-refractivity contribution in [2.45, 2.75) is 19.2 Å². The number of anilines is 1. The topological polar surface area (TPSA) is 56.7 Å². The van der Waals surface area contributed by atoms with Crippen LogP contribution >= 0.6 is 11.6 Å². The largest absolute Gasteiger partial charge is 0.419 e. The Morgan fingerprint density at radius 1 is 1.14 bits per heavy atom. The molecule has 2 aromatic rings. The number of aliphatic hydroxyl groups is 1. The number of pyridine rings is 1. The number of hydrogen-bond donors (Lipinski definition) is 1. The third-order valence-electron chi connectivity index (χ3n) is 4.70. The fraction of sp³-hybridized carbons (Fsp3) is 0.368. The van der Waals surface area contributed by atoms with Crippen LogP contribution in [0.1, 0.15) is 16.7 Å². The van der Waals surface area contributed by atoms with Crippen molar-refractivity contribution in [3.63, 3.8) is 0 Å². The molecule has 1 aromatic carbocycles. The maximum Gasteiger partial charge on any atom is 0.419 e. The van der Waals surface area contributed by atoms with Crippen LogP contribution in [-0.2, 0) is 24.0 Å². The van der Waals surface area contributed by atoms with Crippen LogP contribution in [0.4, 0.5) is 19.0 Å². The van der Waals surface area contributed by atoms with Gasteiger partial charge < -0.3 is 14.9 Å². The number of carbonyl (C=O) groups is 1. The van der Waals surface area contributed by atoms with Crippen LogP contribution in [0.5, 0.6) is 0 Å². The molecule has 1 fully saturated rings. The lowest BCUT2D eigenvalue weighted by Gasteiger charge is -2.36. The van der Waals surface area contributed by atoms with E-state index in [1.807, 2.05) is 0 Å². The van der Waals surface area contributed by atoms with Crippen LogP contribution in [0.15, 0.2) is 36.5 Å². The number of amides is 1. The highest BCUT2D eigenvalue weighted by molar-refractivity contribution is 6.30. The first-order valence-corrected chi connectivity index (χ1v) is 9.10. The minimum Gasteiger partial charge on any atom is -0.392 e. The Kier molecular flexibility index (Phi) is 6.10. The summed E-state index contributed by atoms with van der Waals surface area (Å²) in [6, 6.07) is 7.23. The van der Waals surface area contributed by atoms with E-state index in [4.69, 9.17) is 11.6 Å². The smallest absolute Gasteiger partial charge is 0.392 e. The molecule has 0 saturated carbocycles. The molecule has 1 aliphatic rings. The summed E-state index contributed by atoms with van der Waals surface area (Å²) in [6.45, 7) is 0.902. The van der Waals surface area contributed by atoms with Crippen molar-refractivity contribution in [2.75, 3.05) is 31.1 Å². The Labute approximate surface area is 165 Å². The summed E-state index contributed by atoms with van der Waals surface area (Å²) < 4.78 is 39.6. The lowest BCUT2D eigenvalue weighted by atomic mass is 10.0. The number of nitrogens with zero attached hydrogens (tertiary/aromatic N) is 3. The predicted octanol–water partition coefficient (Wildman–Crippen LogP) is 3.14. The van der Waals surface area contributed by atoms with E-state index in [1.54, 1.807) is 28.0 Å². The minimum absolute atomic E-state index is 0.0772. The maximum atomic E-state index is 13.2. The van der Waals surface area contributed by atoms with Crippen LogP contribution in [0.3, 0.4) is 0 Å². The molecule has 1 amide bonds. The maximum absolute atomic E-state index is 13.2. The van der Waals surface area contributed by atoms with Crippen molar-refractivity contribution in [2.24, 2.45) is 0 Å².